The maximum absolute atomic E-state index is 11.8. The van der Waals surface area contributed by atoms with Crippen molar-refractivity contribution in [3.63, 3.8) is 0 Å². The quantitative estimate of drug-likeness (QED) is 0.661. The van der Waals surface area contributed by atoms with Gasteiger partial charge in [0.15, 0.2) is 11.4 Å². The number of hydrogen-bond acceptors (Lipinski definition) is 5. The van der Waals surface area contributed by atoms with Crippen LogP contribution in [0.1, 0.15) is 33.8 Å². The van der Waals surface area contributed by atoms with E-state index in [4.69, 9.17) is 10.2 Å². The van der Waals surface area contributed by atoms with Crippen molar-refractivity contribution in [1.29, 1.82) is 0 Å². The van der Waals surface area contributed by atoms with Crippen LogP contribution in [-0.4, -0.2) is 45.2 Å². The second-order valence-electron chi connectivity index (χ2n) is 4.40. The van der Waals surface area contributed by atoms with Gasteiger partial charge in [-0.2, -0.15) is 0 Å². The van der Waals surface area contributed by atoms with Gasteiger partial charge in [0.1, 0.15) is 0 Å². The van der Waals surface area contributed by atoms with E-state index in [9.17, 15) is 9.59 Å². The summed E-state index contributed by atoms with van der Waals surface area (Å²) in [4.78, 5) is 30.0. The van der Waals surface area contributed by atoms with Crippen LogP contribution in [0.3, 0.4) is 0 Å². The molecule has 1 aliphatic carbocycles. The topological polar surface area (TPSA) is 112 Å². The van der Waals surface area contributed by atoms with E-state index in [-0.39, 0.29) is 23.4 Å². The monoisotopic (exact) mass is 251 g/mol. The summed E-state index contributed by atoms with van der Waals surface area (Å²) in [5.74, 6) is -1.88. The zero-order chi connectivity index (χ0) is 13.2. The van der Waals surface area contributed by atoms with Gasteiger partial charge >= 0.3 is 5.97 Å². The molecule has 3 N–H and O–H groups in total. The highest BCUT2D eigenvalue weighted by Gasteiger charge is 2.42. The normalized spacial score (nSPS) is 16.1. The van der Waals surface area contributed by atoms with Gasteiger partial charge < -0.3 is 15.5 Å². The first-order valence-corrected chi connectivity index (χ1v) is 5.51. The van der Waals surface area contributed by atoms with E-state index in [1.54, 1.807) is 0 Å². The highest BCUT2D eigenvalue weighted by molar-refractivity contribution is 6.01. The molecule has 0 aromatic carbocycles. The van der Waals surface area contributed by atoms with Gasteiger partial charge in [-0.25, -0.2) is 14.8 Å². The zero-order valence-electron chi connectivity index (χ0n) is 9.59. The lowest BCUT2D eigenvalue weighted by atomic mass is 10.1. The van der Waals surface area contributed by atoms with Gasteiger partial charge in [0.05, 0.1) is 6.61 Å². The number of carboxylic acids is 1. The third-order valence-electron chi connectivity index (χ3n) is 3.03. The van der Waals surface area contributed by atoms with E-state index in [0.29, 0.717) is 6.54 Å². The number of carbonyl (C=O) groups excluding carboxylic acids is 1. The van der Waals surface area contributed by atoms with Crippen molar-refractivity contribution in [2.45, 2.75) is 12.8 Å². The second kappa shape index (κ2) is 4.69. The van der Waals surface area contributed by atoms with E-state index >= 15 is 0 Å². The molecule has 1 fully saturated rings. The summed E-state index contributed by atoms with van der Waals surface area (Å²) in [5, 5.41) is 20.6. The summed E-state index contributed by atoms with van der Waals surface area (Å²) in [6.07, 6.45) is 4.20. The van der Waals surface area contributed by atoms with Crippen LogP contribution in [0.2, 0.25) is 0 Å². The molecule has 18 heavy (non-hydrogen) atoms. The van der Waals surface area contributed by atoms with E-state index < -0.39 is 11.9 Å². The van der Waals surface area contributed by atoms with Crippen LogP contribution in [-0.2, 0) is 0 Å². The Morgan fingerprint density at radius 3 is 2.39 bits per heavy atom. The molecule has 1 aromatic heterocycles. The van der Waals surface area contributed by atoms with Crippen molar-refractivity contribution < 1.29 is 19.8 Å². The number of nitrogens with zero attached hydrogens (tertiary/aromatic N) is 2. The summed E-state index contributed by atoms with van der Waals surface area (Å²) in [6.45, 7) is 0.331. The minimum Gasteiger partial charge on any atom is -0.476 e. The molecule has 0 atom stereocenters. The van der Waals surface area contributed by atoms with Crippen molar-refractivity contribution in [3.05, 3.63) is 23.8 Å². The first-order valence-electron chi connectivity index (χ1n) is 5.51. The third-order valence-corrected chi connectivity index (χ3v) is 3.03. The Hall–Kier alpha value is -2.02. The molecule has 1 saturated carbocycles. The van der Waals surface area contributed by atoms with E-state index in [1.165, 1.54) is 12.4 Å². The molecular weight excluding hydrogens is 238 g/mol. The molecule has 2 rings (SSSR count). The average Bonchev–Trinajstić information content (AvgIpc) is 3.16. The van der Waals surface area contributed by atoms with Gasteiger partial charge in [-0.15, -0.1) is 0 Å². The molecule has 0 radical (unpaired) electrons. The van der Waals surface area contributed by atoms with Gasteiger partial charge in [0.25, 0.3) is 5.91 Å². The van der Waals surface area contributed by atoms with Crippen LogP contribution in [0.25, 0.3) is 0 Å². The summed E-state index contributed by atoms with van der Waals surface area (Å²) in [5.41, 5.74) is -0.816. The van der Waals surface area contributed by atoms with Crippen LogP contribution in [0.15, 0.2) is 12.4 Å². The highest BCUT2D eigenvalue weighted by Crippen LogP contribution is 2.44. The molecule has 7 heteroatoms. The summed E-state index contributed by atoms with van der Waals surface area (Å²) < 4.78 is 0. The Kier molecular flexibility index (Phi) is 3.24. The summed E-state index contributed by atoms with van der Waals surface area (Å²) in [7, 11) is 0. The fourth-order valence-electron chi connectivity index (χ4n) is 1.58. The van der Waals surface area contributed by atoms with E-state index in [2.05, 4.69) is 15.3 Å². The molecule has 7 nitrogen and oxygen atoms in total. The third kappa shape index (κ3) is 2.45. The number of aliphatic hydroxyl groups is 1. The summed E-state index contributed by atoms with van der Waals surface area (Å²) in [6, 6.07) is 0. The van der Waals surface area contributed by atoms with Gasteiger partial charge in [-0.3, -0.25) is 4.79 Å². The number of aromatic nitrogens is 2. The maximum atomic E-state index is 11.8. The highest BCUT2D eigenvalue weighted by atomic mass is 16.4. The Balaban J connectivity index is 2.07. The predicted molar refractivity (Wildman–Crippen MR) is 60.1 cm³/mol. The maximum Gasteiger partial charge on any atom is 0.356 e. The van der Waals surface area contributed by atoms with Crippen LogP contribution in [0, 0.1) is 5.41 Å². The number of nitrogens with one attached hydrogen (secondary N) is 1. The lowest BCUT2D eigenvalue weighted by molar-refractivity contribution is 0.0682. The van der Waals surface area contributed by atoms with Gasteiger partial charge in [-0.05, 0) is 12.8 Å². The number of aliphatic hydroxyl groups excluding tert-OH is 1. The molecule has 1 amide bonds. The molecular formula is C11H13N3O4. The summed E-state index contributed by atoms with van der Waals surface area (Å²) >= 11 is 0. The van der Waals surface area contributed by atoms with E-state index in [1.807, 2.05) is 0 Å². The fraction of sp³-hybridized carbons (Fsp3) is 0.455. The first kappa shape index (κ1) is 12.4. The largest absolute Gasteiger partial charge is 0.476 e. The average molecular weight is 251 g/mol. The van der Waals surface area contributed by atoms with Crippen molar-refractivity contribution in [2.24, 2.45) is 5.41 Å². The van der Waals surface area contributed by atoms with Crippen LogP contribution in [0.5, 0.6) is 0 Å². The number of amides is 1. The van der Waals surface area contributed by atoms with Crippen molar-refractivity contribution in [2.75, 3.05) is 13.2 Å². The smallest absolute Gasteiger partial charge is 0.356 e. The molecule has 0 bridgehead atoms. The molecule has 0 spiro atoms. The molecule has 1 aromatic rings. The molecule has 0 aliphatic heterocycles. The van der Waals surface area contributed by atoms with Crippen molar-refractivity contribution in [3.8, 4) is 0 Å². The number of aromatic carboxylic acids is 1. The van der Waals surface area contributed by atoms with Crippen LogP contribution in [0.4, 0.5) is 0 Å². The standard InChI is InChI=1S/C11H13N3O4/c15-6-11(1-2-11)5-14-9(16)7-8(10(17)18)13-4-3-12-7/h3-4,15H,1-2,5-6H2,(H,14,16)(H,17,18). The van der Waals surface area contributed by atoms with Gasteiger partial charge in [0, 0.05) is 24.4 Å². The molecule has 0 unspecified atom stereocenters. The van der Waals surface area contributed by atoms with Crippen LogP contribution >= 0.6 is 0 Å². The zero-order valence-corrected chi connectivity index (χ0v) is 9.59. The predicted octanol–water partition coefficient (Wildman–Crippen LogP) is -0.323. The molecule has 1 aliphatic rings. The lowest BCUT2D eigenvalue weighted by Gasteiger charge is -2.12. The number of carbonyl (C=O) groups is 2. The van der Waals surface area contributed by atoms with E-state index in [0.717, 1.165) is 12.8 Å². The SMILES string of the molecule is O=C(O)c1nccnc1C(=O)NCC1(CO)CC1. The van der Waals surface area contributed by atoms with Gasteiger partial charge in [-0.1, -0.05) is 0 Å². The second-order valence-corrected chi connectivity index (χ2v) is 4.40. The van der Waals surface area contributed by atoms with Gasteiger partial charge in [0.2, 0.25) is 0 Å². The minimum absolute atomic E-state index is 0.0134. The number of hydrogen-bond donors (Lipinski definition) is 3. The number of rotatable bonds is 5. The molecule has 1 heterocycles. The Labute approximate surface area is 103 Å². The first-order chi connectivity index (χ1) is 8.58. The van der Waals surface area contributed by atoms with Crippen LogP contribution < -0.4 is 5.32 Å². The Morgan fingerprint density at radius 1 is 1.28 bits per heavy atom. The fourth-order valence-corrected chi connectivity index (χ4v) is 1.58. The molecule has 96 valence electrons. The number of carboxylic acid groups (broad SMARTS) is 1. The Bertz CT molecular complexity index is 485. The van der Waals surface area contributed by atoms with Crippen molar-refractivity contribution in [1.82, 2.24) is 15.3 Å². The Morgan fingerprint density at radius 2 is 1.89 bits per heavy atom. The van der Waals surface area contributed by atoms with Crippen molar-refractivity contribution >= 4 is 11.9 Å². The minimum atomic E-state index is -1.29. The lowest BCUT2D eigenvalue weighted by Crippen LogP contribution is -2.33. The molecule has 0 saturated heterocycles.